The van der Waals surface area contributed by atoms with Crippen molar-refractivity contribution in [3.8, 4) is 0 Å². The molecule has 1 aromatic carbocycles. The first-order valence-electron chi connectivity index (χ1n) is 6.61. The van der Waals surface area contributed by atoms with Gasteiger partial charge in [-0.15, -0.1) is 0 Å². The first-order valence-corrected chi connectivity index (χ1v) is 6.61. The van der Waals surface area contributed by atoms with E-state index in [0.717, 1.165) is 0 Å². The zero-order chi connectivity index (χ0) is 15.6. The van der Waals surface area contributed by atoms with Crippen molar-refractivity contribution in [2.75, 3.05) is 23.7 Å². The van der Waals surface area contributed by atoms with Crippen molar-refractivity contribution in [1.82, 2.24) is 5.32 Å². The Balaban J connectivity index is 2.18. The van der Waals surface area contributed by atoms with E-state index < -0.39 is 16.6 Å². The number of carbonyl (C=O) groups is 1. The molecular formula is C13H18N4O4. The predicted octanol–water partition coefficient (Wildman–Crippen LogP) is 1.80. The standard InChI is InChI=1S/C13H18N4O4/c1-13(15-12(18)19)5-7-16(8-6-13)10-4-2-3-9(14)11(10)17(20)21/h2-4,15H,5-8,14H2,1H3,(H,18,19). The summed E-state index contributed by atoms with van der Waals surface area (Å²) in [6, 6.07) is 4.85. The van der Waals surface area contributed by atoms with E-state index in [4.69, 9.17) is 10.8 Å². The van der Waals surface area contributed by atoms with Crippen LogP contribution in [0.1, 0.15) is 19.8 Å². The summed E-state index contributed by atoms with van der Waals surface area (Å²) in [6.45, 7) is 2.90. The van der Waals surface area contributed by atoms with Crippen LogP contribution in [-0.2, 0) is 0 Å². The first kappa shape index (κ1) is 14.9. The first-order chi connectivity index (χ1) is 9.82. The molecule has 1 aromatic rings. The summed E-state index contributed by atoms with van der Waals surface area (Å²) in [5.74, 6) is 0. The highest BCUT2D eigenvalue weighted by atomic mass is 16.6. The van der Waals surface area contributed by atoms with Gasteiger partial charge < -0.3 is 21.1 Å². The Kier molecular flexibility index (Phi) is 3.88. The molecule has 1 aliphatic heterocycles. The van der Waals surface area contributed by atoms with Crippen molar-refractivity contribution in [1.29, 1.82) is 0 Å². The van der Waals surface area contributed by atoms with Crippen LogP contribution in [0, 0.1) is 10.1 Å². The molecule has 4 N–H and O–H groups in total. The molecule has 1 saturated heterocycles. The number of benzene rings is 1. The number of nitro groups is 1. The molecule has 0 saturated carbocycles. The van der Waals surface area contributed by atoms with Crippen LogP contribution in [0.3, 0.4) is 0 Å². The summed E-state index contributed by atoms with van der Waals surface area (Å²) < 4.78 is 0. The second-order valence-electron chi connectivity index (χ2n) is 5.45. The summed E-state index contributed by atoms with van der Waals surface area (Å²) in [6.07, 6.45) is 0.0946. The molecule has 0 atom stereocenters. The molecule has 1 amide bonds. The lowest BCUT2D eigenvalue weighted by Crippen LogP contribution is -2.53. The molecular weight excluding hydrogens is 276 g/mol. The van der Waals surface area contributed by atoms with E-state index in [2.05, 4.69) is 5.32 Å². The molecule has 114 valence electrons. The van der Waals surface area contributed by atoms with Gasteiger partial charge in [-0.25, -0.2) is 4.79 Å². The molecule has 21 heavy (non-hydrogen) atoms. The maximum Gasteiger partial charge on any atom is 0.405 e. The summed E-state index contributed by atoms with van der Waals surface area (Å²) in [5, 5.41) is 22.5. The lowest BCUT2D eigenvalue weighted by molar-refractivity contribution is -0.383. The number of anilines is 2. The number of nitrogens with one attached hydrogen (secondary N) is 1. The van der Waals surface area contributed by atoms with Crippen LogP contribution in [0.2, 0.25) is 0 Å². The predicted molar refractivity (Wildman–Crippen MR) is 78.5 cm³/mol. The van der Waals surface area contributed by atoms with Crippen LogP contribution in [0.5, 0.6) is 0 Å². The number of amides is 1. The van der Waals surface area contributed by atoms with Gasteiger partial charge in [-0.05, 0) is 31.9 Å². The van der Waals surface area contributed by atoms with Crippen LogP contribution in [0.4, 0.5) is 21.9 Å². The van der Waals surface area contributed by atoms with E-state index in [0.29, 0.717) is 31.6 Å². The average Bonchev–Trinajstić information content (AvgIpc) is 2.37. The van der Waals surface area contributed by atoms with Gasteiger partial charge in [0.15, 0.2) is 0 Å². The molecule has 0 bridgehead atoms. The number of nitrogens with two attached hydrogens (primary N) is 1. The van der Waals surface area contributed by atoms with Crippen LogP contribution >= 0.6 is 0 Å². The summed E-state index contributed by atoms with van der Waals surface area (Å²) in [5.41, 5.74) is 5.71. The van der Waals surface area contributed by atoms with Gasteiger partial charge in [0.25, 0.3) is 0 Å². The third kappa shape index (κ3) is 3.15. The number of hydrogen-bond donors (Lipinski definition) is 3. The molecule has 1 aliphatic rings. The van der Waals surface area contributed by atoms with Crippen molar-refractivity contribution in [2.24, 2.45) is 0 Å². The van der Waals surface area contributed by atoms with Crippen LogP contribution in [0.15, 0.2) is 18.2 Å². The fourth-order valence-electron chi connectivity index (χ4n) is 2.63. The van der Waals surface area contributed by atoms with Crippen LogP contribution in [0.25, 0.3) is 0 Å². The zero-order valence-electron chi connectivity index (χ0n) is 11.7. The van der Waals surface area contributed by atoms with Gasteiger partial charge in [0.1, 0.15) is 11.4 Å². The third-order valence-electron chi connectivity index (χ3n) is 3.84. The van der Waals surface area contributed by atoms with E-state index in [1.54, 1.807) is 12.1 Å². The average molecular weight is 294 g/mol. The maximum absolute atomic E-state index is 11.2. The van der Waals surface area contributed by atoms with Gasteiger partial charge in [0.05, 0.1) is 4.92 Å². The molecule has 8 nitrogen and oxygen atoms in total. The van der Waals surface area contributed by atoms with Crippen molar-refractivity contribution < 1.29 is 14.8 Å². The smallest absolute Gasteiger partial charge is 0.405 e. The molecule has 0 aliphatic carbocycles. The summed E-state index contributed by atoms with van der Waals surface area (Å²) in [7, 11) is 0. The van der Waals surface area contributed by atoms with Gasteiger partial charge in [0.2, 0.25) is 0 Å². The zero-order valence-corrected chi connectivity index (χ0v) is 11.7. The lowest BCUT2D eigenvalue weighted by atomic mass is 9.89. The Morgan fingerprint density at radius 2 is 2.10 bits per heavy atom. The summed E-state index contributed by atoms with van der Waals surface area (Å²) in [4.78, 5) is 23.3. The number of nitro benzene ring substituents is 1. The lowest BCUT2D eigenvalue weighted by Gasteiger charge is -2.40. The van der Waals surface area contributed by atoms with E-state index in [-0.39, 0.29) is 11.4 Å². The highest BCUT2D eigenvalue weighted by molar-refractivity contribution is 5.75. The largest absolute Gasteiger partial charge is 0.465 e. The van der Waals surface area contributed by atoms with Crippen LogP contribution in [-0.4, -0.2) is 34.8 Å². The Hall–Kier alpha value is -2.51. The minimum absolute atomic E-state index is 0.0905. The Labute approximate surface area is 121 Å². The number of nitrogen functional groups attached to an aromatic ring is 1. The van der Waals surface area contributed by atoms with Crippen molar-refractivity contribution in [3.63, 3.8) is 0 Å². The summed E-state index contributed by atoms with van der Waals surface area (Å²) >= 11 is 0. The fraction of sp³-hybridized carbons (Fsp3) is 0.462. The van der Waals surface area contributed by atoms with Crippen LogP contribution < -0.4 is 16.0 Å². The minimum atomic E-state index is -1.05. The van der Waals surface area contributed by atoms with Gasteiger partial charge in [-0.1, -0.05) is 6.07 Å². The van der Waals surface area contributed by atoms with Crippen molar-refractivity contribution >= 4 is 23.2 Å². The molecule has 0 radical (unpaired) electrons. The molecule has 0 spiro atoms. The van der Waals surface area contributed by atoms with Gasteiger partial charge >= 0.3 is 11.8 Å². The molecule has 1 fully saturated rings. The van der Waals surface area contributed by atoms with E-state index in [1.807, 2.05) is 11.8 Å². The Morgan fingerprint density at radius 3 is 2.62 bits per heavy atom. The third-order valence-corrected chi connectivity index (χ3v) is 3.84. The second kappa shape index (κ2) is 5.47. The highest BCUT2D eigenvalue weighted by Crippen LogP contribution is 2.36. The minimum Gasteiger partial charge on any atom is -0.465 e. The number of para-hydroxylation sites is 1. The SMILES string of the molecule is CC1(NC(=O)O)CCN(c2cccc(N)c2[N+](=O)[O-])CC1. The quantitative estimate of drug-likeness (QED) is 0.444. The Bertz CT molecular complexity index is 567. The molecule has 1 heterocycles. The molecule has 0 unspecified atom stereocenters. The number of piperidine rings is 1. The number of hydrogen-bond acceptors (Lipinski definition) is 5. The van der Waals surface area contributed by atoms with Crippen molar-refractivity contribution in [2.45, 2.75) is 25.3 Å². The van der Waals surface area contributed by atoms with Gasteiger partial charge in [-0.3, -0.25) is 10.1 Å². The van der Waals surface area contributed by atoms with E-state index >= 15 is 0 Å². The van der Waals surface area contributed by atoms with E-state index in [1.165, 1.54) is 6.07 Å². The maximum atomic E-state index is 11.2. The Morgan fingerprint density at radius 1 is 1.48 bits per heavy atom. The second-order valence-corrected chi connectivity index (χ2v) is 5.45. The molecule has 8 heteroatoms. The highest BCUT2D eigenvalue weighted by Gasteiger charge is 2.33. The topological polar surface area (TPSA) is 122 Å². The van der Waals surface area contributed by atoms with Gasteiger partial charge in [0, 0.05) is 18.6 Å². The monoisotopic (exact) mass is 294 g/mol. The molecule has 0 aromatic heterocycles. The fourth-order valence-corrected chi connectivity index (χ4v) is 2.63. The molecule has 2 rings (SSSR count). The van der Waals surface area contributed by atoms with Crippen molar-refractivity contribution in [3.05, 3.63) is 28.3 Å². The normalized spacial score (nSPS) is 17.3. The number of carboxylic acid groups (broad SMARTS) is 1. The number of nitrogens with zero attached hydrogens (tertiary/aromatic N) is 2. The number of rotatable bonds is 3. The van der Waals surface area contributed by atoms with Gasteiger partial charge in [-0.2, -0.15) is 0 Å². The van der Waals surface area contributed by atoms with E-state index in [9.17, 15) is 14.9 Å².